The maximum atomic E-state index is 12.6. The number of rotatable bonds is 5. The minimum atomic E-state index is 0.0757. The van der Waals surface area contributed by atoms with Crippen molar-refractivity contribution < 1.29 is 4.79 Å². The average Bonchev–Trinajstić information content (AvgIpc) is 3.24. The summed E-state index contributed by atoms with van der Waals surface area (Å²) in [4.78, 5) is 15.7. The molecule has 2 aromatic heterocycles. The van der Waals surface area contributed by atoms with Gasteiger partial charge >= 0.3 is 0 Å². The van der Waals surface area contributed by atoms with E-state index in [0.29, 0.717) is 11.3 Å². The highest BCUT2D eigenvalue weighted by atomic mass is 32.2. The van der Waals surface area contributed by atoms with Crippen LogP contribution in [0.3, 0.4) is 0 Å². The van der Waals surface area contributed by atoms with Gasteiger partial charge in [-0.25, -0.2) is 0 Å². The summed E-state index contributed by atoms with van der Waals surface area (Å²) in [7, 11) is 1.92. The molecule has 0 fully saturated rings. The van der Waals surface area contributed by atoms with Crippen molar-refractivity contribution >= 4 is 28.4 Å². The first-order valence-electron chi connectivity index (χ1n) is 7.91. The van der Waals surface area contributed by atoms with Gasteiger partial charge in [-0.1, -0.05) is 60.3 Å². The summed E-state index contributed by atoms with van der Waals surface area (Å²) in [5, 5.41) is 10.2. The van der Waals surface area contributed by atoms with Crippen molar-refractivity contribution in [2.75, 3.05) is 5.75 Å². The number of fused-ring (bicyclic) bond motifs is 1. The van der Waals surface area contributed by atoms with Crippen molar-refractivity contribution in [1.29, 1.82) is 0 Å². The Labute approximate surface area is 149 Å². The van der Waals surface area contributed by atoms with Crippen LogP contribution in [0.25, 0.3) is 22.3 Å². The van der Waals surface area contributed by atoms with E-state index in [1.807, 2.05) is 66.2 Å². The number of para-hydroxylation sites is 1. The van der Waals surface area contributed by atoms with Gasteiger partial charge in [0.25, 0.3) is 0 Å². The third kappa shape index (κ3) is 2.96. The number of hydrogen-bond acceptors (Lipinski definition) is 4. The number of hydrogen-bond donors (Lipinski definition) is 1. The molecule has 0 atom stereocenters. The van der Waals surface area contributed by atoms with Gasteiger partial charge in [0.2, 0.25) is 0 Å². The molecule has 5 nitrogen and oxygen atoms in total. The molecule has 0 aliphatic carbocycles. The second-order valence-corrected chi connectivity index (χ2v) is 6.63. The second kappa shape index (κ2) is 6.57. The average molecular weight is 348 g/mol. The number of aromatic nitrogens is 4. The van der Waals surface area contributed by atoms with Crippen LogP contribution in [0.15, 0.2) is 66.0 Å². The Morgan fingerprint density at radius 2 is 1.84 bits per heavy atom. The van der Waals surface area contributed by atoms with Crippen molar-refractivity contribution in [2.24, 2.45) is 7.05 Å². The third-order valence-corrected chi connectivity index (χ3v) is 5.11. The lowest BCUT2D eigenvalue weighted by Gasteiger charge is -2.03. The summed E-state index contributed by atoms with van der Waals surface area (Å²) >= 11 is 1.40. The van der Waals surface area contributed by atoms with E-state index in [1.54, 1.807) is 6.20 Å². The molecule has 0 unspecified atom stereocenters. The molecule has 0 spiro atoms. The number of thioether (sulfide) groups is 1. The van der Waals surface area contributed by atoms with Gasteiger partial charge in [-0.3, -0.25) is 4.79 Å². The van der Waals surface area contributed by atoms with Crippen molar-refractivity contribution in [2.45, 2.75) is 5.16 Å². The zero-order valence-electron chi connectivity index (χ0n) is 13.6. The van der Waals surface area contributed by atoms with Gasteiger partial charge in [0.05, 0.1) is 5.75 Å². The van der Waals surface area contributed by atoms with Crippen LogP contribution in [0.4, 0.5) is 0 Å². The smallest absolute Gasteiger partial charge is 0.191 e. The maximum absolute atomic E-state index is 12.6. The minimum Gasteiger partial charge on any atom is -0.360 e. The summed E-state index contributed by atoms with van der Waals surface area (Å²) in [6.07, 6.45) is 1.78. The molecule has 0 saturated heterocycles. The zero-order valence-corrected chi connectivity index (χ0v) is 14.5. The predicted molar refractivity (Wildman–Crippen MR) is 99.8 cm³/mol. The molecule has 0 aliphatic heterocycles. The molecule has 6 heteroatoms. The molecule has 0 saturated carbocycles. The second-order valence-electron chi connectivity index (χ2n) is 5.69. The van der Waals surface area contributed by atoms with Gasteiger partial charge in [0.1, 0.15) is 0 Å². The maximum Gasteiger partial charge on any atom is 0.191 e. The normalized spacial score (nSPS) is 11.1. The van der Waals surface area contributed by atoms with Crippen LogP contribution in [-0.4, -0.2) is 31.3 Å². The molecular formula is C19H16N4OS. The molecule has 4 aromatic rings. The van der Waals surface area contributed by atoms with E-state index in [4.69, 9.17) is 0 Å². The number of benzene rings is 2. The van der Waals surface area contributed by atoms with Gasteiger partial charge in [0.15, 0.2) is 16.8 Å². The third-order valence-electron chi connectivity index (χ3n) is 4.09. The fraction of sp³-hybridized carbons (Fsp3) is 0.105. The van der Waals surface area contributed by atoms with Crippen LogP contribution in [0, 0.1) is 0 Å². The number of nitrogens with one attached hydrogen (secondary N) is 1. The number of aromatic amines is 1. The summed E-state index contributed by atoms with van der Waals surface area (Å²) < 4.78 is 1.92. The SMILES string of the molecule is Cn1c(SCC(=O)c2c[nH]c3ccccc23)nnc1-c1ccccc1. The van der Waals surface area contributed by atoms with Crippen LogP contribution < -0.4 is 0 Å². The van der Waals surface area contributed by atoms with Crippen LogP contribution in [0.1, 0.15) is 10.4 Å². The summed E-state index contributed by atoms with van der Waals surface area (Å²) in [6.45, 7) is 0. The zero-order chi connectivity index (χ0) is 17.2. The molecule has 0 aliphatic rings. The predicted octanol–water partition coefficient (Wildman–Crippen LogP) is 3.94. The summed E-state index contributed by atoms with van der Waals surface area (Å²) in [5.41, 5.74) is 2.70. The number of Topliss-reactive ketones (excluding diaryl/α,β-unsaturated/α-hetero) is 1. The first-order valence-corrected chi connectivity index (χ1v) is 8.89. The molecule has 2 heterocycles. The van der Waals surface area contributed by atoms with Crippen LogP contribution in [-0.2, 0) is 7.05 Å². The van der Waals surface area contributed by atoms with Gasteiger partial charge in [-0.15, -0.1) is 10.2 Å². The van der Waals surface area contributed by atoms with Gasteiger partial charge in [-0.2, -0.15) is 0 Å². The van der Waals surface area contributed by atoms with E-state index in [1.165, 1.54) is 11.8 Å². The van der Waals surface area contributed by atoms with Gasteiger partial charge in [-0.05, 0) is 6.07 Å². The molecule has 25 heavy (non-hydrogen) atoms. The Hall–Kier alpha value is -2.86. The molecule has 0 bridgehead atoms. The fourth-order valence-corrected chi connectivity index (χ4v) is 3.58. The van der Waals surface area contributed by atoms with Crippen LogP contribution in [0.5, 0.6) is 0 Å². The first-order chi connectivity index (χ1) is 12.2. The van der Waals surface area contributed by atoms with E-state index in [0.717, 1.165) is 27.4 Å². The molecule has 0 radical (unpaired) electrons. The van der Waals surface area contributed by atoms with Crippen molar-refractivity contribution in [1.82, 2.24) is 19.7 Å². The van der Waals surface area contributed by atoms with Gasteiger partial charge < -0.3 is 9.55 Å². The van der Waals surface area contributed by atoms with Crippen molar-refractivity contribution in [3.63, 3.8) is 0 Å². The Bertz CT molecular complexity index is 1040. The van der Waals surface area contributed by atoms with Gasteiger partial charge in [0, 0.05) is 35.3 Å². The number of H-pyrrole nitrogens is 1. The molecule has 4 rings (SSSR count). The summed E-state index contributed by atoms with van der Waals surface area (Å²) in [6, 6.07) is 17.7. The highest BCUT2D eigenvalue weighted by Crippen LogP contribution is 2.24. The topological polar surface area (TPSA) is 63.6 Å². The highest BCUT2D eigenvalue weighted by molar-refractivity contribution is 7.99. The Kier molecular flexibility index (Phi) is 4.11. The number of carbonyl (C=O) groups excluding carboxylic acids is 1. The lowest BCUT2D eigenvalue weighted by molar-refractivity contribution is 0.102. The molecule has 0 amide bonds. The van der Waals surface area contributed by atoms with E-state index in [-0.39, 0.29) is 5.78 Å². The lowest BCUT2D eigenvalue weighted by Crippen LogP contribution is -2.03. The number of carbonyl (C=O) groups is 1. The van der Waals surface area contributed by atoms with E-state index in [2.05, 4.69) is 15.2 Å². The van der Waals surface area contributed by atoms with Crippen molar-refractivity contribution in [3.05, 3.63) is 66.4 Å². The van der Waals surface area contributed by atoms with E-state index >= 15 is 0 Å². The number of nitrogens with zero attached hydrogens (tertiary/aromatic N) is 3. The van der Waals surface area contributed by atoms with Crippen LogP contribution >= 0.6 is 11.8 Å². The molecular weight excluding hydrogens is 332 g/mol. The molecule has 2 aromatic carbocycles. The van der Waals surface area contributed by atoms with E-state index in [9.17, 15) is 4.79 Å². The Morgan fingerprint density at radius 3 is 2.68 bits per heavy atom. The number of ketones is 1. The molecule has 1 N–H and O–H groups in total. The van der Waals surface area contributed by atoms with Crippen LogP contribution in [0.2, 0.25) is 0 Å². The Balaban J connectivity index is 1.52. The Morgan fingerprint density at radius 1 is 1.08 bits per heavy atom. The lowest BCUT2D eigenvalue weighted by atomic mass is 10.1. The molecule has 124 valence electrons. The highest BCUT2D eigenvalue weighted by Gasteiger charge is 2.15. The quantitative estimate of drug-likeness (QED) is 0.438. The standard InChI is InChI=1S/C19H16N4OS/c1-23-18(13-7-3-2-4-8-13)21-22-19(23)25-12-17(24)15-11-20-16-10-6-5-9-14(15)16/h2-11,20H,12H2,1H3. The minimum absolute atomic E-state index is 0.0757. The first kappa shape index (κ1) is 15.7. The fourth-order valence-electron chi connectivity index (χ4n) is 2.79. The van der Waals surface area contributed by atoms with E-state index < -0.39 is 0 Å². The van der Waals surface area contributed by atoms with Crippen molar-refractivity contribution in [3.8, 4) is 11.4 Å². The largest absolute Gasteiger partial charge is 0.360 e. The summed E-state index contributed by atoms with van der Waals surface area (Å²) in [5.74, 6) is 1.19. The monoisotopic (exact) mass is 348 g/mol.